The summed E-state index contributed by atoms with van der Waals surface area (Å²) in [7, 11) is -1.94. The third-order valence-corrected chi connectivity index (χ3v) is 3.93. The molecular weight excluding hydrogens is 198 g/mol. The van der Waals surface area contributed by atoms with Crippen molar-refractivity contribution in [3.8, 4) is 0 Å². The summed E-state index contributed by atoms with van der Waals surface area (Å²) in [5.41, 5.74) is 0.737. The Morgan fingerprint density at radius 2 is 1.93 bits per heavy atom. The zero-order chi connectivity index (χ0) is 10.8. The second kappa shape index (κ2) is 3.84. The van der Waals surface area contributed by atoms with Crippen LogP contribution in [-0.2, 0) is 10.0 Å². The normalized spacial score (nSPS) is 11.0. The van der Waals surface area contributed by atoms with Crippen molar-refractivity contribution in [3.05, 3.63) is 42.6 Å². The fourth-order valence-electron chi connectivity index (χ4n) is 1.10. The molecule has 0 bridgehead atoms. The number of nitrogens with zero attached hydrogens (tertiary/aromatic N) is 1. The third kappa shape index (κ3) is 1.80. The molecule has 0 fully saturated rings. The molecular formula is C10H13NO2S. The number of hydrogen-bond acceptors (Lipinski definition) is 2. The third-order valence-electron chi connectivity index (χ3n) is 2.01. The Morgan fingerprint density at radius 3 is 2.43 bits per heavy atom. The van der Waals surface area contributed by atoms with Crippen molar-refractivity contribution >= 4 is 10.0 Å². The van der Waals surface area contributed by atoms with Crippen LogP contribution in [0.25, 0.3) is 0 Å². The van der Waals surface area contributed by atoms with Gasteiger partial charge in [0.05, 0.1) is 4.90 Å². The first kappa shape index (κ1) is 10.8. The predicted molar refractivity (Wildman–Crippen MR) is 56.3 cm³/mol. The van der Waals surface area contributed by atoms with Gasteiger partial charge in [-0.15, -0.1) is 0 Å². The molecule has 0 aliphatic rings. The lowest BCUT2D eigenvalue weighted by atomic mass is 10.2. The van der Waals surface area contributed by atoms with E-state index in [4.69, 9.17) is 0 Å². The quantitative estimate of drug-likeness (QED) is 0.764. The van der Waals surface area contributed by atoms with Gasteiger partial charge in [-0.05, 0) is 18.6 Å². The van der Waals surface area contributed by atoms with Crippen LogP contribution >= 0.6 is 0 Å². The van der Waals surface area contributed by atoms with Crippen molar-refractivity contribution in [2.24, 2.45) is 0 Å². The molecule has 14 heavy (non-hydrogen) atoms. The minimum absolute atomic E-state index is 0.322. The monoisotopic (exact) mass is 211 g/mol. The van der Waals surface area contributed by atoms with Crippen LogP contribution in [0.1, 0.15) is 5.56 Å². The number of aryl methyl sites for hydroxylation is 1. The lowest BCUT2D eigenvalue weighted by Gasteiger charge is -2.15. The lowest BCUT2D eigenvalue weighted by molar-refractivity contribution is 0.539. The van der Waals surface area contributed by atoms with Crippen molar-refractivity contribution in [1.29, 1.82) is 0 Å². The van der Waals surface area contributed by atoms with Crippen molar-refractivity contribution in [2.75, 3.05) is 7.05 Å². The van der Waals surface area contributed by atoms with Gasteiger partial charge in [-0.1, -0.05) is 24.8 Å². The van der Waals surface area contributed by atoms with Crippen LogP contribution in [0, 0.1) is 6.92 Å². The molecule has 0 aromatic heterocycles. The highest BCUT2D eigenvalue weighted by molar-refractivity contribution is 7.89. The van der Waals surface area contributed by atoms with Crippen LogP contribution in [0.3, 0.4) is 0 Å². The molecule has 1 rings (SSSR count). The molecule has 3 nitrogen and oxygen atoms in total. The largest absolute Gasteiger partial charge is 0.277 e. The first-order valence-electron chi connectivity index (χ1n) is 4.16. The van der Waals surface area contributed by atoms with E-state index in [0.29, 0.717) is 4.90 Å². The molecule has 1 aromatic rings. The first-order valence-corrected chi connectivity index (χ1v) is 5.60. The van der Waals surface area contributed by atoms with Crippen molar-refractivity contribution in [2.45, 2.75) is 11.8 Å². The van der Waals surface area contributed by atoms with Gasteiger partial charge in [0.2, 0.25) is 0 Å². The molecule has 0 saturated carbocycles. The second-order valence-electron chi connectivity index (χ2n) is 2.97. The minimum atomic E-state index is -3.40. The van der Waals surface area contributed by atoms with E-state index < -0.39 is 10.0 Å². The summed E-state index contributed by atoms with van der Waals surface area (Å²) >= 11 is 0. The maximum absolute atomic E-state index is 11.8. The van der Waals surface area contributed by atoms with Crippen molar-refractivity contribution in [3.63, 3.8) is 0 Å². The van der Waals surface area contributed by atoms with E-state index in [2.05, 4.69) is 6.58 Å². The highest BCUT2D eigenvalue weighted by atomic mass is 32.2. The molecule has 0 aliphatic carbocycles. The van der Waals surface area contributed by atoms with Gasteiger partial charge in [0.15, 0.2) is 0 Å². The van der Waals surface area contributed by atoms with Gasteiger partial charge in [-0.2, -0.15) is 0 Å². The first-order chi connectivity index (χ1) is 6.50. The van der Waals surface area contributed by atoms with E-state index in [-0.39, 0.29) is 0 Å². The summed E-state index contributed by atoms with van der Waals surface area (Å²) in [4.78, 5) is 0.322. The zero-order valence-electron chi connectivity index (χ0n) is 8.27. The van der Waals surface area contributed by atoms with Gasteiger partial charge >= 0.3 is 0 Å². The minimum Gasteiger partial charge on any atom is -0.277 e. The van der Waals surface area contributed by atoms with Gasteiger partial charge in [0, 0.05) is 13.2 Å². The SMILES string of the molecule is C=CN(C)S(=O)(=O)c1ccccc1C. The molecule has 0 unspecified atom stereocenters. The van der Waals surface area contributed by atoms with Gasteiger partial charge < -0.3 is 0 Å². The van der Waals surface area contributed by atoms with Crippen molar-refractivity contribution in [1.82, 2.24) is 4.31 Å². The number of benzene rings is 1. The van der Waals surface area contributed by atoms with E-state index in [9.17, 15) is 8.42 Å². The Bertz CT molecular complexity index is 437. The molecule has 4 heteroatoms. The molecule has 0 spiro atoms. The summed E-state index contributed by atoms with van der Waals surface area (Å²) in [6.07, 6.45) is 1.28. The Hall–Kier alpha value is -1.29. The lowest BCUT2D eigenvalue weighted by Crippen LogP contribution is -2.21. The summed E-state index contributed by atoms with van der Waals surface area (Å²) in [6.45, 7) is 5.20. The van der Waals surface area contributed by atoms with E-state index in [1.807, 2.05) is 6.07 Å². The molecule has 1 aromatic carbocycles. The van der Waals surface area contributed by atoms with Crippen LogP contribution in [0.5, 0.6) is 0 Å². The highest BCUT2D eigenvalue weighted by Crippen LogP contribution is 2.17. The topological polar surface area (TPSA) is 37.4 Å². The van der Waals surface area contributed by atoms with Gasteiger partial charge in [-0.3, -0.25) is 4.31 Å². The summed E-state index contributed by atoms with van der Waals surface area (Å²) in [5.74, 6) is 0. The Morgan fingerprint density at radius 1 is 1.36 bits per heavy atom. The van der Waals surface area contributed by atoms with Crippen LogP contribution < -0.4 is 0 Å². The predicted octanol–water partition coefficient (Wildman–Crippen LogP) is 1.76. The average Bonchev–Trinajstić information content (AvgIpc) is 2.17. The van der Waals surface area contributed by atoms with E-state index in [1.54, 1.807) is 25.1 Å². The maximum atomic E-state index is 11.8. The fraction of sp³-hybridized carbons (Fsp3) is 0.200. The number of hydrogen-bond donors (Lipinski definition) is 0. The summed E-state index contributed by atoms with van der Waals surface area (Å²) in [6, 6.07) is 6.87. The van der Waals surface area contributed by atoms with Crippen LogP contribution in [-0.4, -0.2) is 19.8 Å². The molecule has 0 radical (unpaired) electrons. The standard InChI is InChI=1S/C10H13NO2S/c1-4-11(3)14(12,13)10-8-6-5-7-9(10)2/h4-8H,1H2,2-3H3. The second-order valence-corrected chi connectivity index (χ2v) is 4.94. The smallest absolute Gasteiger partial charge is 0.263 e. The Kier molecular flexibility index (Phi) is 2.96. The molecule has 0 heterocycles. The summed E-state index contributed by atoms with van der Waals surface area (Å²) < 4.78 is 24.8. The molecule has 0 N–H and O–H groups in total. The molecule has 0 saturated heterocycles. The van der Waals surface area contributed by atoms with Gasteiger partial charge in [0.25, 0.3) is 10.0 Å². The van der Waals surface area contributed by atoms with Crippen molar-refractivity contribution < 1.29 is 8.42 Å². The summed E-state index contributed by atoms with van der Waals surface area (Å²) in [5, 5.41) is 0. The molecule has 0 amide bonds. The van der Waals surface area contributed by atoms with Gasteiger partial charge in [0.1, 0.15) is 0 Å². The van der Waals surface area contributed by atoms with E-state index >= 15 is 0 Å². The van der Waals surface area contributed by atoms with Gasteiger partial charge in [-0.25, -0.2) is 8.42 Å². The Balaban J connectivity index is 3.31. The molecule has 76 valence electrons. The van der Waals surface area contributed by atoms with E-state index in [0.717, 1.165) is 9.87 Å². The van der Waals surface area contributed by atoms with Crippen LogP contribution in [0.2, 0.25) is 0 Å². The number of rotatable bonds is 3. The van der Waals surface area contributed by atoms with Crippen LogP contribution in [0.15, 0.2) is 41.9 Å². The van der Waals surface area contributed by atoms with E-state index in [1.165, 1.54) is 13.2 Å². The molecule has 0 atom stereocenters. The van der Waals surface area contributed by atoms with Crippen LogP contribution in [0.4, 0.5) is 0 Å². The fourth-order valence-corrected chi connectivity index (χ4v) is 2.33. The zero-order valence-corrected chi connectivity index (χ0v) is 9.08. The highest BCUT2D eigenvalue weighted by Gasteiger charge is 2.18. The molecule has 0 aliphatic heterocycles. The maximum Gasteiger partial charge on any atom is 0.263 e. The number of sulfonamides is 1. The average molecular weight is 211 g/mol. The Labute approximate surface area is 84.7 Å².